The number of aromatic nitrogens is 2. The Hall–Kier alpha value is -2.70. The van der Waals surface area contributed by atoms with Gasteiger partial charge in [0.1, 0.15) is 5.69 Å². The molecule has 2 aliphatic heterocycles. The first-order valence-corrected chi connectivity index (χ1v) is 10.7. The maximum Gasteiger partial charge on any atom is 0.270 e. The van der Waals surface area contributed by atoms with Crippen LogP contribution < -0.4 is 0 Å². The largest absolute Gasteiger partial charge is 0.376 e. The Morgan fingerprint density at radius 1 is 1.23 bits per heavy atom. The minimum atomic E-state index is 0.0879. The van der Waals surface area contributed by atoms with E-state index >= 15 is 0 Å². The van der Waals surface area contributed by atoms with Gasteiger partial charge < -0.3 is 14.6 Å². The lowest BCUT2D eigenvalue weighted by Gasteiger charge is -2.58. The third-order valence-electron chi connectivity index (χ3n) is 6.74. The topological polar surface area (TPSA) is 61.5 Å². The van der Waals surface area contributed by atoms with Crippen molar-refractivity contribution in [1.29, 1.82) is 0 Å². The van der Waals surface area contributed by atoms with Crippen LogP contribution in [-0.4, -0.2) is 64.5 Å². The second-order valence-corrected chi connectivity index (χ2v) is 8.81. The molecule has 1 atom stereocenters. The zero-order valence-electron chi connectivity index (χ0n) is 17.4. The number of amides is 1. The van der Waals surface area contributed by atoms with Crippen molar-refractivity contribution in [3.8, 4) is 0 Å². The highest BCUT2D eigenvalue weighted by molar-refractivity contribution is 5.98. The average molecular weight is 405 g/mol. The summed E-state index contributed by atoms with van der Waals surface area (Å²) in [6.45, 7) is 4.04. The van der Waals surface area contributed by atoms with E-state index in [1.54, 1.807) is 12.4 Å². The molecule has 6 nitrogen and oxygen atoms in total. The molecule has 0 radical (unpaired) electrons. The van der Waals surface area contributed by atoms with Crippen LogP contribution in [0.25, 0.3) is 10.9 Å². The molecule has 2 saturated heterocycles. The third-order valence-corrected chi connectivity index (χ3v) is 6.74. The summed E-state index contributed by atoms with van der Waals surface area (Å²) in [6.07, 6.45) is 5.83. The Kier molecular flexibility index (Phi) is 5.05. The summed E-state index contributed by atoms with van der Waals surface area (Å²) in [5, 5.41) is 1.08. The van der Waals surface area contributed by atoms with Crippen LogP contribution in [0.2, 0.25) is 0 Å². The quantitative estimate of drug-likeness (QED) is 0.709. The van der Waals surface area contributed by atoms with Gasteiger partial charge in [-0.15, -0.1) is 0 Å². The van der Waals surface area contributed by atoms with Crippen LogP contribution in [0, 0.1) is 5.92 Å². The number of aromatic amines is 1. The molecule has 0 bridgehead atoms. The predicted molar refractivity (Wildman–Crippen MR) is 116 cm³/mol. The summed E-state index contributed by atoms with van der Waals surface area (Å²) < 4.78 is 6.00. The number of piperidine rings is 1. The van der Waals surface area contributed by atoms with Gasteiger partial charge in [-0.2, -0.15) is 0 Å². The molecule has 3 aromatic rings. The van der Waals surface area contributed by atoms with E-state index < -0.39 is 0 Å². The number of rotatable bonds is 5. The predicted octanol–water partition coefficient (Wildman–Crippen LogP) is 3.32. The number of hydrogen-bond donors (Lipinski definition) is 1. The number of fused-ring (bicyclic) bond motifs is 1. The maximum absolute atomic E-state index is 13.0. The van der Waals surface area contributed by atoms with Gasteiger partial charge in [-0.3, -0.25) is 14.7 Å². The number of benzene rings is 1. The molecule has 4 heterocycles. The summed E-state index contributed by atoms with van der Waals surface area (Å²) in [5.41, 5.74) is 2.94. The second kappa shape index (κ2) is 7.85. The van der Waals surface area contributed by atoms with E-state index in [9.17, 15) is 4.79 Å². The molecule has 1 spiro atoms. The zero-order chi connectivity index (χ0) is 20.6. The lowest BCUT2D eigenvalue weighted by atomic mass is 9.75. The minimum Gasteiger partial charge on any atom is -0.376 e. The molecule has 6 heteroatoms. The van der Waals surface area contributed by atoms with Crippen molar-refractivity contribution in [3.05, 3.63) is 66.1 Å². The van der Waals surface area contributed by atoms with Crippen LogP contribution in [-0.2, 0) is 11.3 Å². The number of nitrogens with one attached hydrogen (secondary N) is 1. The number of carbonyl (C=O) groups excluding carboxylic acids is 1. The van der Waals surface area contributed by atoms with Crippen LogP contribution in [0.5, 0.6) is 0 Å². The minimum absolute atomic E-state index is 0.0879. The van der Waals surface area contributed by atoms with Gasteiger partial charge in [0.05, 0.1) is 12.1 Å². The molecule has 1 amide bonds. The normalized spacial score (nSPS) is 21.1. The number of nitrogens with zero attached hydrogens (tertiary/aromatic N) is 3. The highest BCUT2D eigenvalue weighted by Crippen LogP contribution is 2.39. The smallest absolute Gasteiger partial charge is 0.270 e. The first-order chi connectivity index (χ1) is 14.6. The van der Waals surface area contributed by atoms with Crippen LogP contribution in [0.4, 0.5) is 0 Å². The molecule has 156 valence electrons. The van der Waals surface area contributed by atoms with E-state index in [0.717, 1.165) is 55.5 Å². The molecule has 5 rings (SSSR count). The lowest BCUT2D eigenvalue weighted by Crippen LogP contribution is -2.72. The van der Waals surface area contributed by atoms with E-state index in [-0.39, 0.29) is 11.4 Å². The monoisotopic (exact) mass is 404 g/mol. The summed E-state index contributed by atoms with van der Waals surface area (Å²) in [4.78, 5) is 24.7. The van der Waals surface area contributed by atoms with Gasteiger partial charge >= 0.3 is 0 Å². The van der Waals surface area contributed by atoms with Gasteiger partial charge in [-0.05, 0) is 62.2 Å². The number of H-pyrrole nitrogens is 1. The van der Waals surface area contributed by atoms with E-state index in [0.29, 0.717) is 18.2 Å². The summed E-state index contributed by atoms with van der Waals surface area (Å²) >= 11 is 0. The average Bonchev–Trinajstić information content (AvgIpc) is 3.18. The van der Waals surface area contributed by atoms with Crippen LogP contribution in [0.1, 0.15) is 28.9 Å². The highest BCUT2D eigenvalue weighted by atomic mass is 16.5. The number of carbonyl (C=O) groups is 1. The van der Waals surface area contributed by atoms with Crippen LogP contribution in [0.3, 0.4) is 0 Å². The number of likely N-dealkylation sites (tertiary alicyclic amines) is 2. The van der Waals surface area contributed by atoms with Crippen molar-refractivity contribution in [3.63, 3.8) is 0 Å². The van der Waals surface area contributed by atoms with E-state index in [2.05, 4.69) is 21.9 Å². The van der Waals surface area contributed by atoms with Crippen molar-refractivity contribution < 1.29 is 9.53 Å². The van der Waals surface area contributed by atoms with Crippen molar-refractivity contribution in [1.82, 2.24) is 19.8 Å². The number of ether oxygens (including phenoxy) is 1. The molecule has 0 unspecified atom stereocenters. The van der Waals surface area contributed by atoms with Crippen LogP contribution in [0.15, 0.2) is 54.9 Å². The summed E-state index contributed by atoms with van der Waals surface area (Å²) in [5.74, 6) is 0.634. The third kappa shape index (κ3) is 3.61. The van der Waals surface area contributed by atoms with E-state index in [4.69, 9.17) is 4.74 Å². The van der Waals surface area contributed by atoms with Crippen molar-refractivity contribution >= 4 is 16.8 Å². The first kappa shape index (κ1) is 19.3. The van der Waals surface area contributed by atoms with Crippen molar-refractivity contribution in [2.24, 2.45) is 5.92 Å². The highest BCUT2D eigenvalue weighted by Gasteiger charge is 2.51. The first-order valence-electron chi connectivity index (χ1n) is 10.7. The number of hydrogen-bond acceptors (Lipinski definition) is 4. The Labute approximate surface area is 176 Å². The van der Waals surface area contributed by atoms with Gasteiger partial charge in [0.15, 0.2) is 0 Å². The fraction of sp³-hybridized carbons (Fsp3) is 0.417. The summed E-state index contributed by atoms with van der Waals surface area (Å²) in [6, 6.07) is 14.0. The maximum atomic E-state index is 13.0. The molecule has 1 N–H and O–H groups in total. The molecule has 2 aliphatic rings. The molecule has 1 aromatic carbocycles. The molecule has 0 saturated carbocycles. The molecular formula is C24H28N4O2. The fourth-order valence-electron chi connectivity index (χ4n) is 4.91. The van der Waals surface area contributed by atoms with Gasteiger partial charge in [-0.1, -0.05) is 18.2 Å². The fourth-order valence-corrected chi connectivity index (χ4v) is 4.91. The molecule has 2 fully saturated rings. The Balaban J connectivity index is 1.18. The Morgan fingerprint density at radius 3 is 2.83 bits per heavy atom. The molecular weight excluding hydrogens is 376 g/mol. The van der Waals surface area contributed by atoms with Gasteiger partial charge in [0, 0.05) is 43.0 Å². The zero-order valence-corrected chi connectivity index (χ0v) is 17.4. The number of pyridine rings is 1. The summed E-state index contributed by atoms with van der Waals surface area (Å²) in [7, 11) is 2.19. The van der Waals surface area contributed by atoms with Crippen molar-refractivity contribution in [2.75, 3.05) is 33.3 Å². The van der Waals surface area contributed by atoms with Crippen molar-refractivity contribution in [2.45, 2.75) is 25.0 Å². The van der Waals surface area contributed by atoms with Gasteiger partial charge in [0.25, 0.3) is 5.91 Å². The second-order valence-electron chi connectivity index (χ2n) is 8.81. The Bertz CT molecular complexity index is 993. The van der Waals surface area contributed by atoms with Gasteiger partial charge in [0.2, 0.25) is 0 Å². The Morgan fingerprint density at radius 2 is 2.03 bits per heavy atom. The molecule has 30 heavy (non-hydrogen) atoms. The SMILES string of the molecule is CN1CC[C@H](COCc2ccncc2)CC12CN(C(=O)c1cc3ccccc3[nH]1)C2. The van der Waals surface area contributed by atoms with Gasteiger partial charge in [-0.25, -0.2) is 0 Å². The van der Waals surface area contributed by atoms with E-state index in [1.165, 1.54) is 0 Å². The van der Waals surface area contributed by atoms with E-state index in [1.807, 2.05) is 47.4 Å². The number of likely N-dealkylation sites (N-methyl/N-ethyl adjacent to an activating group) is 1. The molecule has 0 aliphatic carbocycles. The standard InChI is InChI=1S/C24H28N4O2/c1-27-11-8-19(15-30-14-18-6-9-25-10-7-18)13-24(27)16-28(17-24)23(29)22-12-20-4-2-3-5-21(20)26-22/h2-7,9-10,12,19,26H,8,11,13-17H2,1H3/t19-/m0/s1. The van der Waals surface area contributed by atoms with Crippen LogP contribution >= 0.6 is 0 Å². The molecule has 2 aromatic heterocycles. The lowest BCUT2D eigenvalue weighted by molar-refractivity contribution is -0.0769. The number of para-hydroxylation sites is 1.